The Bertz CT molecular complexity index is 3350. The first kappa shape index (κ1) is 61.3. The van der Waals surface area contributed by atoms with Gasteiger partial charge >= 0.3 is 0 Å². The van der Waals surface area contributed by atoms with E-state index in [1.54, 1.807) is 44.0 Å². The maximum absolute atomic E-state index is 15.1. The van der Waals surface area contributed by atoms with Gasteiger partial charge in [0.1, 0.15) is 24.0 Å². The van der Waals surface area contributed by atoms with Crippen molar-refractivity contribution in [1.29, 1.82) is 0 Å². The lowest BCUT2D eigenvalue weighted by atomic mass is 9.89. The second-order valence-corrected chi connectivity index (χ2v) is 22.6. The fraction of sp³-hybridized carbons (Fsp3) is 0.492. The van der Waals surface area contributed by atoms with E-state index in [1.807, 2.05) is 50.2 Å². The molecule has 19 heteroatoms. The molecule has 11 rings (SSSR count). The number of hydrogen-bond donors (Lipinski definition) is 2. The standard InChI is InChI=1S/C57H62F3N9O7.C6H12.C2H6/c58-42-11-10-40(50(60)31-42)32-61-33-52(70)68-18-3-4-41(34-68)39-9-8-38-13-21-69(56(74)47(38)30-39)36-54(72)65-22-16-44(17-23-65)76-43-14-19-64(20-15-43)35-53(71)66-24-26-67(27-25-66)57(75)48-28-37(7-12-49(48)59)29-51-45-5-1-2-6-46(45)55(73)63-62-51;1-2-4-6-5-3-1;1-2/h1-2,5-13,21,28,30-31,41,43-44,61H,3-4,14-20,22-27,29,32-36H2,(H,63,73);1-6H2;1-2H3. The number of fused-ring (bicyclic) bond motifs is 2. The third-order valence-electron chi connectivity index (χ3n) is 17.1. The van der Waals surface area contributed by atoms with Crippen LogP contribution in [-0.2, 0) is 38.6 Å². The second-order valence-electron chi connectivity index (χ2n) is 22.6. The number of carbonyl (C=O) groups excluding carboxylic acids is 4. The van der Waals surface area contributed by atoms with Gasteiger partial charge in [0.2, 0.25) is 17.7 Å². The van der Waals surface area contributed by atoms with E-state index in [0.29, 0.717) is 99.0 Å². The quantitative estimate of drug-likeness (QED) is 0.108. The fourth-order valence-corrected chi connectivity index (χ4v) is 12.2. The van der Waals surface area contributed by atoms with Crippen molar-refractivity contribution < 1.29 is 37.1 Å². The number of aromatic nitrogens is 3. The highest BCUT2D eigenvalue weighted by Crippen LogP contribution is 2.30. The molecule has 2 N–H and O–H groups in total. The number of rotatable bonds is 14. The number of benzene rings is 4. The molecular weight excluding hydrogens is 1080 g/mol. The van der Waals surface area contributed by atoms with Gasteiger partial charge in [-0.05, 0) is 91.4 Å². The molecule has 1 atom stereocenters. The van der Waals surface area contributed by atoms with Gasteiger partial charge < -0.3 is 34.2 Å². The minimum atomic E-state index is -0.665. The minimum absolute atomic E-state index is 0.000278. The number of aromatic amines is 1. The molecule has 1 aliphatic carbocycles. The number of H-pyrrole nitrogens is 1. The van der Waals surface area contributed by atoms with Gasteiger partial charge in [-0.2, -0.15) is 5.10 Å². The highest BCUT2D eigenvalue weighted by atomic mass is 19.1. The third kappa shape index (κ3) is 15.7. The molecule has 0 bridgehead atoms. The molecule has 0 spiro atoms. The van der Waals surface area contributed by atoms with E-state index in [4.69, 9.17) is 4.74 Å². The van der Waals surface area contributed by atoms with Gasteiger partial charge in [-0.15, -0.1) is 0 Å². The average molecular weight is 1160 g/mol. The number of pyridine rings is 1. The summed E-state index contributed by atoms with van der Waals surface area (Å²) in [6.45, 7) is 9.07. The van der Waals surface area contributed by atoms with Gasteiger partial charge in [0, 0.05) is 113 Å². The summed E-state index contributed by atoms with van der Waals surface area (Å²) in [5, 5.41) is 12.2. The lowest BCUT2D eigenvalue weighted by Crippen LogP contribution is -2.53. The molecule has 4 saturated heterocycles. The molecule has 4 amide bonds. The van der Waals surface area contributed by atoms with Crippen molar-refractivity contribution in [2.75, 3.05) is 78.5 Å². The normalized spacial score (nSPS) is 18.2. The topological polar surface area (TPSA) is 173 Å². The van der Waals surface area contributed by atoms with Crippen LogP contribution >= 0.6 is 0 Å². The van der Waals surface area contributed by atoms with Crippen LogP contribution < -0.4 is 16.4 Å². The molecule has 6 aromatic rings. The highest BCUT2D eigenvalue weighted by Gasteiger charge is 2.32. The van der Waals surface area contributed by atoms with Gasteiger partial charge in [0.25, 0.3) is 17.0 Å². The fourth-order valence-electron chi connectivity index (χ4n) is 12.2. The van der Waals surface area contributed by atoms with E-state index in [0.717, 1.165) is 42.7 Å². The first-order valence-electron chi connectivity index (χ1n) is 30.4. The van der Waals surface area contributed by atoms with Gasteiger partial charge in [-0.1, -0.05) is 94.8 Å². The number of nitrogens with zero attached hydrogens (tertiary/aromatic N) is 7. The number of hydrogen-bond acceptors (Lipinski definition) is 10. The summed E-state index contributed by atoms with van der Waals surface area (Å²) in [4.78, 5) is 88.9. The minimum Gasteiger partial charge on any atom is -0.375 e. The van der Waals surface area contributed by atoms with Crippen molar-refractivity contribution in [3.8, 4) is 0 Å². The summed E-state index contributed by atoms with van der Waals surface area (Å²) >= 11 is 0. The van der Waals surface area contributed by atoms with E-state index >= 15 is 4.39 Å². The zero-order valence-electron chi connectivity index (χ0n) is 48.6. The number of piperidine rings is 3. The summed E-state index contributed by atoms with van der Waals surface area (Å²) in [5.74, 6) is -2.63. The van der Waals surface area contributed by atoms with Crippen LogP contribution in [0.25, 0.3) is 21.5 Å². The molecule has 84 heavy (non-hydrogen) atoms. The molecule has 4 aromatic carbocycles. The average Bonchev–Trinajstić information content (AvgIpc) is 3.73. The van der Waals surface area contributed by atoms with Crippen LogP contribution in [0.15, 0.2) is 101 Å². The summed E-state index contributed by atoms with van der Waals surface area (Å²) < 4.78 is 50.5. The van der Waals surface area contributed by atoms with Gasteiger partial charge in [0.15, 0.2) is 0 Å². The van der Waals surface area contributed by atoms with Crippen LogP contribution in [-0.4, -0.2) is 154 Å². The predicted octanol–water partition coefficient (Wildman–Crippen LogP) is 8.57. The Hall–Kier alpha value is -7.22. The molecule has 5 aliphatic rings. The van der Waals surface area contributed by atoms with E-state index in [9.17, 15) is 37.5 Å². The van der Waals surface area contributed by atoms with Crippen molar-refractivity contribution in [1.82, 2.24) is 44.6 Å². The molecule has 16 nitrogen and oxygen atoms in total. The van der Waals surface area contributed by atoms with Crippen molar-refractivity contribution >= 4 is 45.2 Å². The third-order valence-corrected chi connectivity index (χ3v) is 17.1. The Morgan fingerprint density at radius 1 is 0.619 bits per heavy atom. The number of piperazine rings is 1. The summed E-state index contributed by atoms with van der Waals surface area (Å²) in [5.41, 5.74) is 1.92. The number of carbonyl (C=O) groups is 4. The van der Waals surface area contributed by atoms with Crippen LogP contribution in [0.5, 0.6) is 0 Å². The molecule has 0 radical (unpaired) electrons. The van der Waals surface area contributed by atoms with Crippen LogP contribution in [0.4, 0.5) is 13.2 Å². The van der Waals surface area contributed by atoms with E-state index in [1.165, 1.54) is 67.4 Å². The Labute approximate surface area is 489 Å². The van der Waals surface area contributed by atoms with Crippen molar-refractivity contribution in [3.05, 3.63) is 157 Å². The summed E-state index contributed by atoms with van der Waals surface area (Å²) in [7, 11) is 0. The molecule has 5 fully saturated rings. The molecule has 1 unspecified atom stereocenters. The predicted molar refractivity (Wildman–Crippen MR) is 318 cm³/mol. The molecular formula is C65H80F3N9O7. The summed E-state index contributed by atoms with van der Waals surface area (Å²) in [6, 6.07) is 22.6. The maximum Gasteiger partial charge on any atom is 0.272 e. The second kappa shape index (κ2) is 29.5. The number of nitrogens with one attached hydrogen (secondary N) is 2. The van der Waals surface area contributed by atoms with E-state index in [2.05, 4.69) is 20.4 Å². The number of ether oxygens (including phenoxy) is 1. The van der Waals surface area contributed by atoms with Crippen LogP contribution in [0.3, 0.4) is 0 Å². The number of likely N-dealkylation sites (tertiary alicyclic amines) is 3. The monoisotopic (exact) mass is 1160 g/mol. The van der Waals surface area contributed by atoms with Gasteiger partial charge in [0.05, 0.1) is 41.9 Å². The smallest absolute Gasteiger partial charge is 0.272 e. The lowest BCUT2D eigenvalue weighted by molar-refractivity contribution is -0.137. The Balaban J connectivity index is 0.000000986. The Morgan fingerprint density at radius 3 is 1.98 bits per heavy atom. The van der Waals surface area contributed by atoms with Crippen LogP contribution in [0.2, 0.25) is 0 Å². The molecule has 6 heterocycles. The van der Waals surface area contributed by atoms with E-state index in [-0.39, 0.29) is 97.4 Å². The van der Waals surface area contributed by atoms with Crippen molar-refractivity contribution in [2.45, 2.75) is 129 Å². The van der Waals surface area contributed by atoms with Gasteiger partial charge in [-0.3, -0.25) is 33.7 Å². The van der Waals surface area contributed by atoms with Gasteiger partial charge in [-0.25, -0.2) is 18.3 Å². The van der Waals surface area contributed by atoms with E-state index < -0.39 is 23.4 Å². The zero-order chi connectivity index (χ0) is 59.1. The SMILES string of the molecule is C1CCCCC1.CC.O=C(CN1CCC(OC2CCN(C(=O)Cn3ccc4ccc(C5CCCN(C(=O)CNCc6ccc(F)cc6F)C5)cc4c3=O)CC2)CC1)N1CCN(C(=O)c2cc(Cc3n[nH]c(=O)c4ccccc34)ccc2F)CC1. The first-order valence-corrected chi connectivity index (χ1v) is 30.4. The Morgan fingerprint density at radius 2 is 1.27 bits per heavy atom. The molecule has 1 saturated carbocycles. The molecule has 4 aliphatic heterocycles. The molecule has 2 aromatic heterocycles. The maximum atomic E-state index is 15.1. The zero-order valence-corrected chi connectivity index (χ0v) is 48.6. The number of halogens is 3. The summed E-state index contributed by atoms with van der Waals surface area (Å²) in [6.07, 6.45) is 15.6. The molecule has 448 valence electrons. The highest BCUT2D eigenvalue weighted by molar-refractivity contribution is 5.95. The van der Waals surface area contributed by atoms with Crippen molar-refractivity contribution in [2.24, 2.45) is 0 Å². The van der Waals surface area contributed by atoms with Crippen LogP contribution in [0, 0.1) is 17.5 Å². The largest absolute Gasteiger partial charge is 0.375 e. The Kier molecular flexibility index (Phi) is 21.6. The first-order chi connectivity index (χ1) is 40.8. The lowest BCUT2D eigenvalue weighted by Gasteiger charge is -2.38. The van der Waals surface area contributed by atoms with Crippen molar-refractivity contribution in [3.63, 3.8) is 0 Å². The van der Waals surface area contributed by atoms with Crippen LogP contribution in [0.1, 0.15) is 130 Å². The number of amides is 4.